The molecule has 238 valence electrons. The van der Waals surface area contributed by atoms with Crippen molar-refractivity contribution >= 4 is 21.5 Å². The summed E-state index contributed by atoms with van der Waals surface area (Å²) in [7, 11) is 0. The molecule has 0 N–H and O–H groups in total. The van der Waals surface area contributed by atoms with Crippen molar-refractivity contribution in [2.45, 2.75) is 93.4 Å². The van der Waals surface area contributed by atoms with Crippen LogP contribution in [0.4, 0.5) is 0 Å². The second kappa shape index (κ2) is 22.1. The zero-order valence-corrected chi connectivity index (χ0v) is 29.5. The Labute approximate surface area is 281 Å². The first kappa shape index (κ1) is 37.7. The summed E-state index contributed by atoms with van der Waals surface area (Å²) in [5.41, 5.74) is 6.97. The average Bonchev–Trinajstić information content (AvgIpc) is 3.09. The summed E-state index contributed by atoms with van der Waals surface area (Å²) >= 11 is 0. The largest absolute Gasteiger partial charge is 0.103 e. The Morgan fingerprint density at radius 1 is 0.478 bits per heavy atom. The van der Waals surface area contributed by atoms with E-state index in [1.807, 2.05) is 20.8 Å². The number of hydrogen-bond donors (Lipinski definition) is 0. The van der Waals surface area contributed by atoms with Crippen molar-refractivity contribution < 1.29 is 0 Å². The van der Waals surface area contributed by atoms with Crippen LogP contribution in [0, 0.1) is 23.7 Å². The van der Waals surface area contributed by atoms with Crippen molar-refractivity contribution in [2.24, 2.45) is 0 Å². The fourth-order valence-corrected chi connectivity index (χ4v) is 4.71. The van der Waals surface area contributed by atoms with Gasteiger partial charge in [0.2, 0.25) is 0 Å². The minimum atomic E-state index is 1.04. The molecule has 0 saturated heterocycles. The topological polar surface area (TPSA) is 0 Å². The lowest BCUT2D eigenvalue weighted by Crippen LogP contribution is -1.85. The fourth-order valence-electron chi connectivity index (χ4n) is 4.71. The van der Waals surface area contributed by atoms with Gasteiger partial charge in [0.15, 0.2) is 0 Å². The molecular formula is C46H54. The molecule has 46 heavy (non-hydrogen) atoms. The Morgan fingerprint density at radius 3 is 1.11 bits per heavy atom. The number of fused-ring (bicyclic) bond motifs is 2. The first-order valence-electron chi connectivity index (χ1n) is 17.3. The van der Waals surface area contributed by atoms with Crippen LogP contribution < -0.4 is 0 Å². The van der Waals surface area contributed by atoms with E-state index in [0.717, 1.165) is 35.1 Å². The predicted molar refractivity (Wildman–Crippen MR) is 207 cm³/mol. The number of benzene rings is 5. The molecule has 0 aliphatic carbocycles. The Balaban J connectivity index is 0.000000841. The number of allylic oxidation sites excluding steroid dienone is 1. The Bertz CT molecular complexity index is 1600. The Morgan fingerprint density at radius 2 is 0.783 bits per heavy atom. The zero-order chi connectivity index (χ0) is 33.6. The lowest BCUT2D eigenvalue weighted by Gasteiger charge is -2.04. The van der Waals surface area contributed by atoms with Crippen molar-refractivity contribution in [1.29, 1.82) is 0 Å². The number of aryl methyl sites for hydroxylation is 2. The molecule has 0 aromatic heterocycles. The van der Waals surface area contributed by atoms with Crippen molar-refractivity contribution in [2.75, 3.05) is 0 Å². The molecule has 5 aromatic rings. The summed E-state index contributed by atoms with van der Waals surface area (Å²) in [6.07, 6.45) is 10.2. The molecule has 0 heteroatoms. The van der Waals surface area contributed by atoms with Gasteiger partial charge in [0.1, 0.15) is 0 Å². The zero-order valence-electron chi connectivity index (χ0n) is 29.5. The third-order valence-corrected chi connectivity index (χ3v) is 7.04. The highest BCUT2D eigenvalue weighted by atomic mass is 14.0. The van der Waals surface area contributed by atoms with E-state index < -0.39 is 0 Å². The normalized spacial score (nSPS) is 9.54. The van der Waals surface area contributed by atoms with E-state index in [1.54, 1.807) is 6.08 Å². The maximum absolute atomic E-state index is 3.36. The van der Waals surface area contributed by atoms with Gasteiger partial charge in [0, 0.05) is 22.3 Å². The molecule has 0 spiro atoms. The molecule has 0 fully saturated rings. The highest BCUT2D eigenvalue weighted by Gasteiger charge is 2.01. The van der Waals surface area contributed by atoms with Crippen LogP contribution in [-0.4, -0.2) is 0 Å². The minimum absolute atomic E-state index is 1.04. The Hall–Kier alpha value is -4.52. The van der Waals surface area contributed by atoms with E-state index in [4.69, 9.17) is 0 Å². The molecule has 0 bridgehead atoms. The van der Waals surface area contributed by atoms with Crippen LogP contribution in [0.1, 0.15) is 114 Å². The van der Waals surface area contributed by atoms with Gasteiger partial charge in [0.25, 0.3) is 0 Å². The smallest absolute Gasteiger partial charge is 0.0255 e. The molecule has 0 saturated carbocycles. The van der Waals surface area contributed by atoms with Crippen LogP contribution in [0.5, 0.6) is 0 Å². The lowest BCUT2D eigenvalue weighted by molar-refractivity contribution is 0.795. The van der Waals surface area contributed by atoms with Crippen LogP contribution in [0.15, 0.2) is 110 Å². The molecule has 0 nitrogen and oxygen atoms in total. The molecule has 0 atom stereocenters. The predicted octanol–water partition coefficient (Wildman–Crippen LogP) is 13.1. The van der Waals surface area contributed by atoms with Gasteiger partial charge in [-0.2, -0.15) is 0 Å². The van der Waals surface area contributed by atoms with Gasteiger partial charge >= 0.3 is 0 Å². The van der Waals surface area contributed by atoms with Crippen LogP contribution >= 0.6 is 0 Å². The third-order valence-electron chi connectivity index (χ3n) is 7.04. The molecule has 0 amide bonds. The molecule has 5 aromatic carbocycles. The molecule has 0 unspecified atom stereocenters. The van der Waals surface area contributed by atoms with Gasteiger partial charge in [0.05, 0.1) is 0 Å². The maximum atomic E-state index is 3.36. The molecule has 0 heterocycles. The average molecular weight is 607 g/mol. The van der Waals surface area contributed by atoms with Crippen LogP contribution in [0.25, 0.3) is 21.5 Å². The molecule has 5 rings (SSSR count). The number of unbranched alkanes of at least 4 members (excludes halogenated alkanes) is 2. The summed E-state index contributed by atoms with van der Waals surface area (Å²) in [5, 5.41) is 4.86. The fraction of sp³-hybridized carbons (Fsp3) is 0.304. The standard InChI is InChI=1S/C38H34.C3H8.C3H6.C2H6/c1-3-5-7-29-9-13-31(14-10-29)17-19-33-21-23-35-28-38-26-34(22-24-36(38)27-37(35)25-33)20-18-32-15-11-30(12-16-32)8-6-4-2;2*1-3-2;1-2/h9-16,21-28H,3-8H2,1-2H3;3H2,1-2H3;3H,1H2,2H3;1-2H3. The summed E-state index contributed by atoms with van der Waals surface area (Å²) in [5.74, 6) is 13.4. The number of hydrogen-bond acceptors (Lipinski definition) is 0. The summed E-state index contributed by atoms with van der Waals surface area (Å²) in [6.45, 7) is 18.0. The quantitative estimate of drug-likeness (QED) is 0.102. The molecular weight excluding hydrogens is 553 g/mol. The second-order valence-electron chi connectivity index (χ2n) is 11.2. The van der Waals surface area contributed by atoms with Crippen molar-refractivity contribution in [3.8, 4) is 23.7 Å². The van der Waals surface area contributed by atoms with Gasteiger partial charge in [-0.1, -0.05) is 127 Å². The van der Waals surface area contributed by atoms with Gasteiger partial charge in [-0.3, -0.25) is 0 Å². The van der Waals surface area contributed by atoms with Crippen LogP contribution in [-0.2, 0) is 12.8 Å². The molecule has 0 aliphatic heterocycles. The highest BCUT2D eigenvalue weighted by Crippen LogP contribution is 2.25. The van der Waals surface area contributed by atoms with Gasteiger partial charge in [-0.05, 0) is 126 Å². The van der Waals surface area contributed by atoms with E-state index in [-0.39, 0.29) is 0 Å². The van der Waals surface area contributed by atoms with Crippen molar-refractivity contribution in [3.63, 3.8) is 0 Å². The van der Waals surface area contributed by atoms with E-state index in [1.165, 1.54) is 64.8 Å². The van der Waals surface area contributed by atoms with Gasteiger partial charge in [-0.25, -0.2) is 0 Å². The summed E-state index contributed by atoms with van der Waals surface area (Å²) in [4.78, 5) is 0. The summed E-state index contributed by atoms with van der Waals surface area (Å²) in [6, 6.07) is 34.8. The monoisotopic (exact) mass is 606 g/mol. The highest BCUT2D eigenvalue weighted by molar-refractivity contribution is 5.99. The van der Waals surface area contributed by atoms with Gasteiger partial charge in [-0.15, -0.1) is 6.58 Å². The minimum Gasteiger partial charge on any atom is -0.103 e. The second-order valence-corrected chi connectivity index (χ2v) is 11.2. The first-order chi connectivity index (χ1) is 22.5. The third kappa shape index (κ3) is 12.8. The van der Waals surface area contributed by atoms with E-state index in [0.29, 0.717) is 0 Å². The first-order valence-corrected chi connectivity index (χ1v) is 17.3. The van der Waals surface area contributed by atoms with E-state index in [2.05, 4.69) is 155 Å². The summed E-state index contributed by atoms with van der Waals surface area (Å²) < 4.78 is 0. The van der Waals surface area contributed by atoms with E-state index >= 15 is 0 Å². The SMILES string of the molecule is C=CC.CC.CCC.CCCCc1ccc(C#Cc2ccc3cc4cc(C#Cc5ccc(CCCC)cc5)ccc4cc3c2)cc1. The molecule has 0 aliphatic rings. The number of rotatable bonds is 6. The molecule has 0 radical (unpaired) electrons. The Kier molecular flexibility index (Phi) is 18.1. The van der Waals surface area contributed by atoms with Crippen LogP contribution in [0.2, 0.25) is 0 Å². The van der Waals surface area contributed by atoms with Crippen molar-refractivity contribution in [3.05, 3.63) is 143 Å². The maximum Gasteiger partial charge on any atom is 0.0255 e. The van der Waals surface area contributed by atoms with Crippen LogP contribution in [0.3, 0.4) is 0 Å². The van der Waals surface area contributed by atoms with Crippen molar-refractivity contribution in [1.82, 2.24) is 0 Å². The van der Waals surface area contributed by atoms with E-state index in [9.17, 15) is 0 Å². The lowest BCUT2D eigenvalue weighted by atomic mass is 10.00. The van der Waals surface area contributed by atoms with Gasteiger partial charge < -0.3 is 0 Å².